The fraction of sp³-hybridized carbons (Fsp3) is 0.250. The number of ether oxygens (including phenoxy) is 3. The molecule has 2 atom stereocenters. The molecule has 1 saturated heterocycles. The van der Waals surface area contributed by atoms with Crippen LogP contribution in [0.5, 0.6) is 11.5 Å². The quantitative estimate of drug-likeness (QED) is 0.519. The Morgan fingerprint density at radius 2 is 1.45 bits per heavy atom. The largest absolute Gasteiger partial charge is 0.454 e. The molecule has 0 saturated carbocycles. The zero-order chi connectivity index (χ0) is 7.26. The van der Waals surface area contributed by atoms with E-state index >= 15 is 0 Å². The van der Waals surface area contributed by atoms with Gasteiger partial charge < -0.3 is 9.47 Å². The average molecular weight is 150 g/mol. The van der Waals surface area contributed by atoms with Crippen molar-refractivity contribution in [3.63, 3.8) is 0 Å². The summed E-state index contributed by atoms with van der Waals surface area (Å²) in [7, 11) is 0. The SMILES string of the molecule is c1ccc2c(c1)O[C@@H]1O[C@@H]1O2. The predicted molar refractivity (Wildman–Crippen MR) is 36.4 cm³/mol. The van der Waals surface area contributed by atoms with E-state index in [2.05, 4.69) is 0 Å². The van der Waals surface area contributed by atoms with Crippen molar-refractivity contribution < 1.29 is 14.2 Å². The van der Waals surface area contributed by atoms with Crippen molar-refractivity contribution in [1.29, 1.82) is 0 Å². The van der Waals surface area contributed by atoms with Crippen molar-refractivity contribution in [2.45, 2.75) is 12.6 Å². The van der Waals surface area contributed by atoms with Gasteiger partial charge in [0.1, 0.15) is 0 Å². The summed E-state index contributed by atoms with van der Waals surface area (Å²) in [6.45, 7) is 0. The minimum Gasteiger partial charge on any atom is -0.454 e. The Hall–Kier alpha value is -1.22. The van der Waals surface area contributed by atoms with E-state index in [9.17, 15) is 0 Å². The monoisotopic (exact) mass is 150 g/mol. The van der Waals surface area contributed by atoms with E-state index in [0.29, 0.717) is 0 Å². The van der Waals surface area contributed by atoms with Crippen LogP contribution < -0.4 is 9.47 Å². The molecule has 1 aromatic carbocycles. The smallest absolute Gasteiger partial charge is 0.266 e. The van der Waals surface area contributed by atoms with Crippen LogP contribution in [-0.4, -0.2) is 12.6 Å². The van der Waals surface area contributed by atoms with Crippen molar-refractivity contribution in [2.24, 2.45) is 0 Å². The summed E-state index contributed by atoms with van der Waals surface area (Å²) in [6, 6.07) is 7.55. The lowest BCUT2D eigenvalue weighted by Crippen LogP contribution is -2.14. The molecule has 0 N–H and O–H groups in total. The van der Waals surface area contributed by atoms with Gasteiger partial charge in [0.15, 0.2) is 11.5 Å². The van der Waals surface area contributed by atoms with Crippen molar-refractivity contribution >= 4 is 0 Å². The summed E-state index contributed by atoms with van der Waals surface area (Å²) in [4.78, 5) is 0. The maximum atomic E-state index is 5.36. The molecule has 0 aromatic heterocycles. The molecular weight excluding hydrogens is 144 g/mol. The standard InChI is InChI=1S/C8H6O3/c1-2-4-6-5(3-1)9-7-8(10-6)11-7/h1-4,7-8H/t7-,8+. The Morgan fingerprint density at radius 3 is 2.00 bits per heavy atom. The van der Waals surface area contributed by atoms with Crippen LogP contribution in [0.25, 0.3) is 0 Å². The van der Waals surface area contributed by atoms with Crippen LogP contribution in [0.15, 0.2) is 24.3 Å². The van der Waals surface area contributed by atoms with Crippen LogP contribution in [0.2, 0.25) is 0 Å². The molecule has 0 bridgehead atoms. The van der Waals surface area contributed by atoms with Crippen LogP contribution in [0.4, 0.5) is 0 Å². The third-order valence-electron chi connectivity index (χ3n) is 1.75. The molecule has 56 valence electrons. The van der Waals surface area contributed by atoms with Crippen LogP contribution in [0, 0.1) is 0 Å². The zero-order valence-corrected chi connectivity index (χ0v) is 5.69. The molecule has 3 heteroatoms. The number of hydrogen-bond donors (Lipinski definition) is 0. The molecule has 3 rings (SSSR count). The number of epoxide rings is 1. The predicted octanol–water partition coefficient (Wildman–Crippen LogP) is 1.14. The summed E-state index contributed by atoms with van der Waals surface area (Å²) in [5.41, 5.74) is 0. The Bertz CT molecular complexity index is 268. The van der Waals surface area contributed by atoms with Crippen LogP contribution >= 0.6 is 0 Å². The van der Waals surface area contributed by atoms with Gasteiger partial charge in [-0.05, 0) is 12.1 Å². The number of para-hydroxylation sites is 2. The Morgan fingerprint density at radius 1 is 0.909 bits per heavy atom. The second-order valence-electron chi connectivity index (χ2n) is 2.56. The van der Waals surface area contributed by atoms with Gasteiger partial charge in [0, 0.05) is 0 Å². The Kier molecular flexibility index (Phi) is 0.830. The third kappa shape index (κ3) is 0.714. The molecular formula is C8H6O3. The number of hydrogen-bond acceptors (Lipinski definition) is 3. The Labute approximate surface area is 63.5 Å². The van der Waals surface area contributed by atoms with Gasteiger partial charge in [0.2, 0.25) is 0 Å². The topological polar surface area (TPSA) is 31.0 Å². The fourth-order valence-electron chi connectivity index (χ4n) is 1.15. The van der Waals surface area contributed by atoms with E-state index in [1.165, 1.54) is 0 Å². The van der Waals surface area contributed by atoms with Crippen molar-refractivity contribution in [1.82, 2.24) is 0 Å². The molecule has 0 unspecified atom stereocenters. The minimum atomic E-state index is -0.162. The van der Waals surface area contributed by atoms with Crippen molar-refractivity contribution in [3.8, 4) is 11.5 Å². The summed E-state index contributed by atoms with van der Waals surface area (Å²) in [5, 5.41) is 0. The molecule has 2 aliphatic rings. The van der Waals surface area contributed by atoms with E-state index in [0.717, 1.165) is 11.5 Å². The summed E-state index contributed by atoms with van der Waals surface area (Å²) in [6.07, 6.45) is -0.324. The first-order valence-electron chi connectivity index (χ1n) is 3.51. The van der Waals surface area contributed by atoms with E-state index < -0.39 is 0 Å². The van der Waals surface area contributed by atoms with E-state index in [1.54, 1.807) is 0 Å². The van der Waals surface area contributed by atoms with Crippen LogP contribution in [-0.2, 0) is 4.74 Å². The first-order chi connectivity index (χ1) is 5.43. The Balaban J connectivity index is 2.07. The lowest BCUT2D eigenvalue weighted by atomic mass is 10.3. The van der Waals surface area contributed by atoms with Gasteiger partial charge in [-0.2, -0.15) is 0 Å². The van der Waals surface area contributed by atoms with Crippen LogP contribution in [0.1, 0.15) is 0 Å². The number of rotatable bonds is 0. The second kappa shape index (κ2) is 1.68. The minimum absolute atomic E-state index is 0.162. The van der Waals surface area contributed by atoms with Gasteiger partial charge in [-0.1, -0.05) is 12.1 Å². The summed E-state index contributed by atoms with van der Waals surface area (Å²) < 4.78 is 15.7. The van der Waals surface area contributed by atoms with Gasteiger partial charge in [-0.25, -0.2) is 0 Å². The molecule has 3 nitrogen and oxygen atoms in total. The number of fused-ring (bicyclic) bond motifs is 2. The molecule has 0 aliphatic carbocycles. The highest BCUT2D eigenvalue weighted by atomic mass is 16.9. The third-order valence-corrected chi connectivity index (χ3v) is 1.75. The van der Waals surface area contributed by atoms with E-state index in [1.807, 2.05) is 24.3 Å². The van der Waals surface area contributed by atoms with E-state index in [4.69, 9.17) is 14.2 Å². The lowest BCUT2D eigenvalue weighted by molar-refractivity contribution is 0.166. The zero-order valence-electron chi connectivity index (χ0n) is 5.69. The van der Waals surface area contributed by atoms with E-state index in [-0.39, 0.29) is 12.6 Å². The molecule has 2 heterocycles. The molecule has 1 aromatic rings. The fourth-order valence-corrected chi connectivity index (χ4v) is 1.15. The number of benzene rings is 1. The normalized spacial score (nSPS) is 30.9. The first-order valence-corrected chi connectivity index (χ1v) is 3.51. The average Bonchev–Trinajstić information content (AvgIpc) is 2.77. The molecule has 11 heavy (non-hydrogen) atoms. The van der Waals surface area contributed by atoms with Gasteiger partial charge in [-0.15, -0.1) is 0 Å². The molecule has 2 aliphatic heterocycles. The maximum absolute atomic E-state index is 5.36. The van der Waals surface area contributed by atoms with Crippen molar-refractivity contribution in [2.75, 3.05) is 0 Å². The lowest BCUT2D eigenvalue weighted by Gasteiger charge is -2.12. The first kappa shape index (κ1) is 5.43. The molecule has 1 fully saturated rings. The molecule has 0 spiro atoms. The second-order valence-corrected chi connectivity index (χ2v) is 2.56. The summed E-state index contributed by atoms with van der Waals surface area (Å²) >= 11 is 0. The highest BCUT2D eigenvalue weighted by Crippen LogP contribution is 2.40. The molecule has 0 radical (unpaired) electrons. The maximum Gasteiger partial charge on any atom is 0.266 e. The summed E-state index contributed by atoms with van der Waals surface area (Å²) in [5.74, 6) is 1.54. The van der Waals surface area contributed by atoms with Gasteiger partial charge in [0.05, 0.1) is 0 Å². The molecule has 0 amide bonds. The van der Waals surface area contributed by atoms with Gasteiger partial charge in [-0.3, -0.25) is 4.74 Å². The van der Waals surface area contributed by atoms with Gasteiger partial charge in [0.25, 0.3) is 12.6 Å². The van der Waals surface area contributed by atoms with Crippen LogP contribution in [0.3, 0.4) is 0 Å². The highest BCUT2D eigenvalue weighted by Gasteiger charge is 2.48. The highest BCUT2D eigenvalue weighted by molar-refractivity contribution is 5.41. The van der Waals surface area contributed by atoms with Crippen molar-refractivity contribution in [3.05, 3.63) is 24.3 Å². The van der Waals surface area contributed by atoms with Gasteiger partial charge >= 0.3 is 0 Å².